The Morgan fingerprint density at radius 1 is 1.12 bits per heavy atom. The monoisotopic (exact) mass is 358 g/mol. The lowest BCUT2D eigenvalue weighted by Gasteiger charge is -2.14. The quantitative estimate of drug-likeness (QED) is 0.420. The molecular formula is C19H19ClN2O3. The zero-order valence-electron chi connectivity index (χ0n) is 13.7. The number of halogens is 1. The number of likely N-dealkylation sites (N-methyl/N-ethyl adjacent to an activating group) is 1. The van der Waals surface area contributed by atoms with Gasteiger partial charge in [0.1, 0.15) is 5.57 Å². The second-order valence-electron chi connectivity index (χ2n) is 5.43. The third-order valence-electron chi connectivity index (χ3n) is 3.72. The predicted molar refractivity (Wildman–Crippen MR) is 97.7 cm³/mol. The molecule has 0 bridgehead atoms. The number of rotatable bonds is 6. The van der Waals surface area contributed by atoms with Crippen molar-refractivity contribution in [1.82, 2.24) is 5.32 Å². The SMILES string of the molecule is CNC(=O)C(C(=O)CC(O)c1ccccc1)=C(N)c1ccc(Cl)cc1. The van der Waals surface area contributed by atoms with Gasteiger partial charge in [0.25, 0.3) is 5.91 Å². The van der Waals surface area contributed by atoms with Gasteiger partial charge in [0.15, 0.2) is 5.78 Å². The zero-order valence-corrected chi connectivity index (χ0v) is 14.5. The van der Waals surface area contributed by atoms with Crippen LogP contribution in [-0.4, -0.2) is 23.8 Å². The summed E-state index contributed by atoms with van der Waals surface area (Å²) >= 11 is 5.85. The van der Waals surface area contributed by atoms with Gasteiger partial charge in [-0.3, -0.25) is 9.59 Å². The number of aliphatic hydroxyl groups is 1. The second kappa shape index (κ2) is 8.46. The highest BCUT2D eigenvalue weighted by Crippen LogP contribution is 2.22. The van der Waals surface area contributed by atoms with Gasteiger partial charge < -0.3 is 16.2 Å². The van der Waals surface area contributed by atoms with E-state index >= 15 is 0 Å². The highest BCUT2D eigenvalue weighted by atomic mass is 35.5. The molecular weight excluding hydrogens is 340 g/mol. The minimum absolute atomic E-state index is 0.0429. The van der Waals surface area contributed by atoms with E-state index < -0.39 is 17.8 Å². The number of hydrogen-bond acceptors (Lipinski definition) is 4. The Balaban J connectivity index is 2.33. The van der Waals surface area contributed by atoms with Crippen LogP contribution in [0, 0.1) is 0 Å². The lowest BCUT2D eigenvalue weighted by atomic mass is 9.96. The maximum atomic E-state index is 12.6. The minimum atomic E-state index is -1.02. The summed E-state index contributed by atoms with van der Waals surface area (Å²) in [6.07, 6.45) is -1.27. The molecule has 0 aliphatic carbocycles. The van der Waals surface area contributed by atoms with Crippen LogP contribution in [0.5, 0.6) is 0 Å². The molecule has 0 fully saturated rings. The largest absolute Gasteiger partial charge is 0.397 e. The second-order valence-corrected chi connectivity index (χ2v) is 5.86. The number of nitrogens with two attached hydrogens (primary N) is 1. The molecule has 0 saturated heterocycles. The van der Waals surface area contributed by atoms with E-state index in [-0.39, 0.29) is 17.7 Å². The number of carbonyl (C=O) groups excluding carboxylic acids is 2. The molecule has 25 heavy (non-hydrogen) atoms. The summed E-state index contributed by atoms with van der Waals surface area (Å²) in [5.41, 5.74) is 7.02. The number of benzene rings is 2. The fourth-order valence-corrected chi connectivity index (χ4v) is 2.49. The third-order valence-corrected chi connectivity index (χ3v) is 3.97. The van der Waals surface area contributed by atoms with Gasteiger partial charge in [0.2, 0.25) is 0 Å². The molecule has 0 spiro atoms. The maximum Gasteiger partial charge on any atom is 0.256 e. The molecule has 4 N–H and O–H groups in total. The summed E-state index contributed by atoms with van der Waals surface area (Å²) in [4.78, 5) is 24.8. The van der Waals surface area contributed by atoms with Crippen molar-refractivity contribution in [3.63, 3.8) is 0 Å². The van der Waals surface area contributed by atoms with Gasteiger partial charge >= 0.3 is 0 Å². The van der Waals surface area contributed by atoms with Crippen molar-refractivity contribution < 1.29 is 14.7 Å². The topological polar surface area (TPSA) is 92.4 Å². The number of aliphatic hydroxyl groups excluding tert-OH is 1. The maximum absolute atomic E-state index is 12.6. The Bertz CT molecular complexity index is 786. The van der Waals surface area contributed by atoms with Gasteiger partial charge in [-0.1, -0.05) is 54.1 Å². The molecule has 0 aliphatic rings. The van der Waals surface area contributed by atoms with E-state index in [0.29, 0.717) is 16.1 Å². The van der Waals surface area contributed by atoms with Crippen LogP contribution in [0.3, 0.4) is 0 Å². The fraction of sp³-hybridized carbons (Fsp3) is 0.158. The molecule has 0 radical (unpaired) electrons. The van der Waals surface area contributed by atoms with Crippen LogP contribution in [0.2, 0.25) is 5.02 Å². The molecule has 130 valence electrons. The summed E-state index contributed by atoms with van der Waals surface area (Å²) in [7, 11) is 1.42. The van der Waals surface area contributed by atoms with Crippen molar-refractivity contribution in [3.05, 3.63) is 76.3 Å². The molecule has 0 saturated carbocycles. The lowest BCUT2D eigenvalue weighted by molar-refractivity contribution is -0.123. The van der Waals surface area contributed by atoms with E-state index in [2.05, 4.69) is 5.32 Å². The third kappa shape index (κ3) is 4.68. The van der Waals surface area contributed by atoms with E-state index in [1.165, 1.54) is 7.05 Å². The summed E-state index contributed by atoms with van der Waals surface area (Å²) in [6.45, 7) is 0. The van der Waals surface area contributed by atoms with Crippen LogP contribution < -0.4 is 11.1 Å². The number of hydrogen-bond donors (Lipinski definition) is 3. The molecule has 2 aromatic rings. The summed E-state index contributed by atoms with van der Waals surface area (Å²) in [5.74, 6) is -1.14. The Morgan fingerprint density at radius 2 is 1.72 bits per heavy atom. The number of amides is 1. The van der Waals surface area contributed by atoms with Crippen LogP contribution in [0.15, 0.2) is 60.2 Å². The normalized spacial score (nSPS) is 12.9. The average Bonchev–Trinajstić information content (AvgIpc) is 2.62. The molecule has 1 atom stereocenters. The Morgan fingerprint density at radius 3 is 2.28 bits per heavy atom. The van der Waals surface area contributed by atoms with Crippen molar-refractivity contribution in [2.75, 3.05) is 7.05 Å². The van der Waals surface area contributed by atoms with E-state index in [1.807, 2.05) is 6.07 Å². The highest BCUT2D eigenvalue weighted by Gasteiger charge is 2.24. The van der Waals surface area contributed by atoms with Crippen molar-refractivity contribution in [2.24, 2.45) is 5.73 Å². The van der Waals surface area contributed by atoms with Gasteiger partial charge in [0.05, 0.1) is 11.8 Å². The van der Waals surface area contributed by atoms with Gasteiger partial charge in [0, 0.05) is 18.5 Å². The first-order chi connectivity index (χ1) is 11.9. The summed E-state index contributed by atoms with van der Waals surface area (Å²) in [5, 5.41) is 13.2. The van der Waals surface area contributed by atoms with Crippen LogP contribution in [-0.2, 0) is 9.59 Å². The van der Waals surface area contributed by atoms with Gasteiger partial charge in [-0.15, -0.1) is 0 Å². The standard InChI is InChI=1S/C19H19ClN2O3/c1-22-19(25)17(18(21)13-7-9-14(20)10-8-13)16(24)11-15(23)12-5-3-2-4-6-12/h2-10,15,23H,11,21H2,1H3,(H,22,25). The number of Topliss-reactive ketones (excluding diaryl/α,β-unsaturated/α-hetero) is 1. The molecule has 2 aromatic carbocycles. The number of ketones is 1. The van der Waals surface area contributed by atoms with Crippen molar-refractivity contribution >= 4 is 29.0 Å². The predicted octanol–water partition coefficient (Wildman–Crippen LogP) is 2.45. The van der Waals surface area contributed by atoms with Crippen LogP contribution in [0.25, 0.3) is 5.70 Å². The first-order valence-electron chi connectivity index (χ1n) is 7.68. The molecule has 0 heterocycles. The smallest absolute Gasteiger partial charge is 0.256 e. The van der Waals surface area contributed by atoms with Crippen LogP contribution in [0.1, 0.15) is 23.7 Å². The van der Waals surface area contributed by atoms with Crippen molar-refractivity contribution in [2.45, 2.75) is 12.5 Å². The molecule has 6 heteroatoms. The molecule has 2 rings (SSSR count). The highest BCUT2D eigenvalue weighted by molar-refractivity contribution is 6.30. The van der Waals surface area contributed by atoms with E-state index in [4.69, 9.17) is 17.3 Å². The molecule has 0 aliphatic heterocycles. The molecule has 0 aromatic heterocycles. The summed E-state index contributed by atoms with van der Waals surface area (Å²) < 4.78 is 0. The van der Waals surface area contributed by atoms with E-state index in [0.717, 1.165) is 0 Å². The number of carbonyl (C=O) groups is 2. The van der Waals surface area contributed by atoms with Crippen LogP contribution in [0.4, 0.5) is 0 Å². The molecule has 1 amide bonds. The van der Waals surface area contributed by atoms with Crippen molar-refractivity contribution in [1.29, 1.82) is 0 Å². The first kappa shape index (κ1) is 18.7. The Kier molecular flexibility index (Phi) is 6.33. The van der Waals surface area contributed by atoms with Gasteiger partial charge in [-0.25, -0.2) is 0 Å². The zero-order chi connectivity index (χ0) is 18.4. The van der Waals surface area contributed by atoms with Crippen LogP contribution >= 0.6 is 11.6 Å². The average molecular weight is 359 g/mol. The fourth-order valence-electron chi connectivity index (χ4n) is 2.37. The first-order valence-corrected chi connectivity index (χ1v) is 8.05. The van der Waals surface area contributed by atoms with Crippen molar-refractivity contribution in [3.8, 4) is 0 Å². The van der Waals surface area contributed by atoms with E-state index in [9.17, 15) is 14.7 Å². The Hall–Kier alpha value is -2.63. The van der Waals surface area contributed by atoms with Gasteiger partial charge in [-0.05, 0) is 23.3 Å². The van der Waals surface area contributed by atoms with Gasteiger partial charge in [-0.2, -0.15) is 0 Å². The number of nitrogens with one attached hydrogen (secondary N) is 1. The molecule has 5 nitrogen and oxygen atoms in total. The van der Waals surface area contributed by atoms with E-state index in [1.54, 1.807) is 48.5 Å². The lowest BCUT2D eigenvalue weighted by Crippen LogP contribution is -2.28. The Labute approximate surface area is 151 Å². The summed E-state index contributed by atoms with van der Waals surface area (Å²) in [6, 6.07) is 15.3. The molecule has 1 unspecified atom stereocenters. The minimum Gasteiger partial charge on any atom is -0.397 e.